The zero-order valence-electron chi connectivity index (χ0n) is 11.1. The molecule has 22 heavy (non-hydrogen) atoms. The number of thiazole rings is 1. The van der Waals surface area contributed by atoms with Crippen LogP contribution in [0.1, 0.15) is 5.56 Å². The van der Waals surface area contributed by atoms with Crippen LogP contribution in [0.15, 0.2) is 51.9 Å². The summed E-state index contributed by atoms with van der Waals surface area (Å²) in [6.45, 7) is 0. The molecular formula is C15H8FN3O2S. The number of hydrogen-bond acceptors (Lipinski definition) is 5. The zero-order chi connectivity index (χ0) is 15.1. The van der Waals surface area contributed by atoms with Crippen LogP contribution in [-0.4, -0.2) is 14.6 Å². The number of halogens is 1. The summed E-state index contributed by atoms with van der Waals surface area (Å²) in [5.41, 5.74) is 0.490. The van der Waals surface area contributed by atoms with Crippen molar-refractivity contribution in [1.82, 2.24) is 14.6 Å². The molecule has 0 saturated carbocycles. The third kappa shape index (κ3) is 2.11. The third-order valence-electron chi connectivity index (χ3n) is 3.09. The van der Waals surface area contributed by atoms with Crippen LogP contribution in [0.5, 0.6) is 0 Å². The maximum Gasteiger partial charge on any atom is 0.291 e. The van der Waals surface area contributed by atoms with E-state index in [1.807, 2.05) is 0 Å². The Morgan fingerprint density at radius 3 is 2.73 bits per heavy atom. The third-order valence-corrected chi connectivity index (χ3v) is 4.05. The van der Waals surface area contributed by atoms with Gasteiger partial charge in [0.15, 0.2) is 5.76 Å². The number of benzene rings is 1. The smallest absolute Gasteiger partial charge is 0.291 e. The molecule has 4 rings (SSSR count). The van der Waals surface area contributed by atoms with Crippen LogP contribution in [0, 0.1) is 5.82 Å². The molecule has 3 aromatic heterocycles. The molecule has 108 valence electrons. The quantitative estimate of drug-likeness (QED) is 0.568. The summed E-state index contributed by atoms with van der Waals surface area (Å²) in [5, 5.41) is 4.16. The molecule has 0 aliphatic rings. The number of hydrogen-bond donors (Lipinski definition) is 0. The van der Waals surface area contributed by atoms with Crippen LogP contribution < -0.4 is 10.1 Å². The summed E-state index contributed by atoms with van der Waals surface area (Å²) in [6, 6.07) is 9.38. The first kappa shape index (κ1) is 12.9. The molecule has 0 N–H and O–H groups in total. The van der Waals surface area contributed by atoms with Gasteiger partial charge in [0, 0.05) is 0 Å². The summed E-state index contributed by atoms with van der Waals surface area (Å²) in [7, 11) is 0. The molecule has 0 saturated heterocycles. The van der Waals surface area contributed by atoms with Crippen molar-refractivity contribution in [1.29, 1.82) is 0 Å². The van der Waals surface area contributed by atoms with E-state index < -0.39 is 0 Å². The highest BCUT2D eigenvalue weighted by molar-refractivity contribution is 7.15. The van der Waals surface area contributed by atoms with E-state index in [0.29, 0.717) is 21.1 Å². The van der Waals surface area contributed by atoms with Crippen LogP contribution in [0.25, 0.3) is 22.6 Å². The molecule has 0 amide bonds. The topological polar surface area (TPSA) is 60.4 Å². The Labute approximate surface area is 127 Å². The molecule has 0 spiro atoms. The molecule has 0 atom stereocenters. The fourth-order valence-corrected chi connectivity index (χ4v) is 2.96. The summed E-state index contributed by atoms with van der Waals surface area (Å²) in [5.74, 6) is 0.575. The molecule has 4 aromatic rings. The molecule has 0 unspecified atom stereocenters. The first-order chi connectivity index (χ1) is 10.7. The number of furan rings is 1. The van der Waals surface area contributed by atoms with Gasteiger partial charge in [-0.3, -0.25) is 4.79 Å². The maximum absolute atomic E-state index is 12.9. The van der Waals surface area contributed by atoms with E-state index in [4.69, 9.17) is 4.42 Å². The van der Waals surface area contributed by atoms with Crippen LogP contribution >= 0.6 is 11.3 Å². The monoisotopic (exact) mass is 313 g/mol. The van der Waals surface area contributed by atoms with E-state index in [-0.39, 0.29) is 11.4 Å². The minimum Gasteiger partial charge on any atom is -0.461 e. The van der Waals surface area contributed by atoms with E-state index in [2.05, 4.69) is 10.1 Å². The molecule has 0 aliphatic carbocycles. The van der Waals surface area contributed by atoms with Crippen molar-refractivity contribution in [2.24, 2.45) is 0 Å². The number of fused-ring (bicyclic) bond motifs is 1. The van der Waals surface area contributed by atoms with Crippen LogP contribution in [0.2, 0.25) is 0 Å². The number of nitrogens with zero attached hydrogens (tertiary/aromatic N) is 3. The summed E-state index contributed by atoms with van der Waals surface area (Å²) in [4.78, 5) is 17.1. The SMILES string of the molecule is O=c1c(=Cc2ccc(F)cc2)sc2nc(-c3ccco3)nn12. The minimum absolute atomic E-state index is 0.255. The van der Waals surface area contributed by atoms with Gasteiger partial charge in [-0.2, -0.15) is 9.50 Å². The predicted molar refractivity (Wildman–Crippen MR) is 80.0 cm³/mol. The summed E-state index contributed by atoms with van der Waals surface area (Å²) >= 11 is 1.23. The van der Waals surface area contributed by atoms with Crippen molar-refractivity contribution in [3.8, 4) is 11.6 Å². The molecule has 0 fully saturated rings. The van der Waals surface area contributed by atoms with Crippen molar-refractivity contribution in [3.63, 3.8) is 0 Å². The standard InChI is InChI=1S/C15H8FN3O2S/c16-10-5-3-9(4-6-10)8-12-14(20)19-15(22-12)17-13(18-19)11-2-1-7-21-11/h1-8H. The van der Waals surface area contributed by atoms with Crippen LogP contribution in [0.4, 0.5) is 4.39 Å². The Kier molecular flexibility index (Phi) is 2.87. The van der Waals surface area contributed by atoms with Gasteiger partial charge >= 0.3 is 0 Å². The van der Waals surface area contributed by atoms with Gasteiger partial charge in [-0.05, 0) is 35.9 Å². The van der Waals surface area contributed by atoms with Crippen molar-refractivity contribution < 1.29 is 8.81 Å². The lowest BCUT2D eigenvalue weighted by Gasteiger charge is -1.90. The molecule has 7 heteroatoms. The Morgan fingerprint density at radius 2 is 2.05 bits per heavy atom. The van der Waals surface area contributed by atoms with Gasteiger partial charge in [0.05, 0.1) is 10.8 Å². The van der Waals surface area contributed by atoms with Gasteiger partial charge < -0.3 is 4.42 Å². The highest BCUT2D eigenvalue weighted by atomic mass is 32.1. The van der Waals surface area contributed by atoms with Crippen molar-refractivity contribution in [2.45, 2.75) is 0 Å². The van der Waals surface area contributed by atoms with Gasteiger partial charge in [-0.1, -0.05) is 23.5 Å². The fourth-order valence-electron chi connectivity index (χ4n) is 2.05. The minimum atomic E-state index is -0.315. The number of rotatable bonds is 2. The molecule has 0 aliphatic heterocycles. The lowest BCUT2D eigenvalue weighted by molar-refractivity contribution is 0.577. The molecule has 5 nitrogen and oxygen atoms in total. The molecule has 0 radical (unpaired) electrons. The second-order valence-electron chi connectivity index (χ2n) is 4.57. The van der Waals surface area contributed by atoms with Gasteiger partial charge in [0.1, 0.15) is 5.82 Å². The normalized spacial score (nSPS) is 12.3. The lowest BCUT2D eigenvalue weighted by Crippen LogP contribution is -2.23. The van der Waals surface area contributed by atoms with Crippen LogP contribution in [-0.2, 0) is 0 Å². The lowest BCUT2D eigenvalue weighted by atomic mass is 10.2. The first-order valence-corrected chi connectivity index (χ1v) is 7.23. The largest absolute Gasteiger partial charge is 0.461 e. The van der Waals surface area contributed by atoms with E-state index >= 15 is 0 Å². The van der Waals surface area contributed by atoms with Crippen LogP contribution in [0.3, 0.4) is 0 Å². The van der Waals surface area contributed by atoms with Gasteiger partial charge in [-0.15, -0.1) is 5.10 Å². The second-order valence-corrected chi connectivity index (χ2v) is 5.58. The van der Waals surface area contributed by atoms with Gasteiger partial charge in [0.25, 0.3) is 5.56 Å². The van der Waals surface area contributed by atoms with Crippen molar-refractivity contribution in [3.05, 3.63) is 68.9 Å². The van der Waals surface area contributed by atoms with E-state index in [9.17, 15) is 9.18 Å². The summed E-state index contributed by atoms with van der Waals surface area (Å²) < 4.78 is 19.9. The first-order valence-electron chi connectivity index (χ1n) is 6.41. The fraction of sp³-hybridized carbons (Fsp3) is 0. The summed E-state index contributed by atoms with van der Waals surface area (Å²) in [6.07, 6.45) is 3.21. The molecular weight excluding hydrogens is 305 g/mol. The average molecular weight is 313 g/mol. The number of aromatic nitrogens is 3. The van der Waals surface area contributed by atoms with E-state index in [0.717, 1.165) is 5.56 Å². The Bertz CT molecular complexity index is 1050. The second kappa shape index (κ2) is 4.88. The Morgan fingerprint density at radius 1 is 1.23 bits per heavy atom. The van der Waals surface area contributed by atoms with Crippen molar-refractivity contribution in [2.75, 3.05) is 0 Å². The Hall–Kier alpha value is -2.80. The Balaban J connectivity index is 1.84. The van der Waals surface area contributed by atoms with Crippen molar-refractivity contribution >= 4 is 22.4 Å². The highest BCUT2D eigenvalue weighted by Crippen LogP contribution is 2.16. The van der Waals surface area contributed by atoms with Gasteiger partial charge in [-0.25, -0.2) is 4.39 Å². The molecule has 3 heterocycles. The highest BCUT2D eigenvalue weighted by Gasteiger charge is 2.13. The maximum atomic E-state index is 12.9. The molecule has 0 bridgehead atoms. The van der Waals surface area contributed by atoms with E-state index in [1.54, 1.807) is 30.3 Å². The zero-order valence-corrected chi connectivity index (χ0v) is 11.9. The predicted octanol–water partition coefficient (Wildman–Crippen LogP) is 2.10. The van der Waals surface area contributed by atoms with Gasteiger partial charge in [0.2, 0.25) is 10.8 Å². The average Bonchev–Trinajstić information content (AvgIpc) is 3.20. The van der Waals surface area contributed by atoms with E-state index in [1.165, 1.54) is 34.2 Å². The molecule has 1 aromatic carbocycles.